The number of nitrogens with one attached hydrogen (secondary N) is 1. The Morgan fingerprint density at radius 2 is 1.84 bits per heavy atom. The van der Waals surface area contributed by atoms with Gasteiger partial charge in [-0.2, -0.15) is 0 Å². The molecule has 4 aromatic rings. The Labute approximate surface area is 222 Å². The highest BCUT2D eigenvalue weighted by molar-refractivity contribution is 7.80. The molecule has 0 atom stereocenters. The minimum atomic E-state index is -0.573. The van der Waals surface area contributed by atoms with Gasteiger partial charge in [0.05, 0.1) is 18.4 Å². The number of hydrogen-bond donors (Lipinski definition) is 1. The van der Waals surface area contributed by atoms with Crippen LogP contribution in [-0.2, 0) is 20.9 Å². The van der Waals surface area contributed by atoms with Crippen molar-refractivity contribution < 1.29 is 19.1 Å². The predicted molar refractivity (Wildman–Crippen MR) is 146 cm³/mol. The van der Waals surface area contributed by atoms with Crippen molar-refractivity contribution in [1.29, 1.82) is 0 Å². The number of methoxy groups -OCH3 is 1. The van der Waals surface area contributed by atoms with Crippen molar-refractivity contribution in [3.63, 3.8) is 0 Å². The number of carbonyl (C=O) groups is 3. The number of para-hydroxylation sites is 1. The van der Waals surface area contributed by atoms with Crippen molar-refractivity contribution in [2.24, 2.45) is 0 Å². The van der Waals surface area contributed by atoms with Gasteiger partial charge >= 0.3 is 5.97 Å². The van der Waals surface area contributed by atoms with E-state index in [-0.39, 0.29) is 10.7 Å². The molecule has 184 valence electrons. The summed E-state index contributed by atoms with van der Waals surface area (Å²) in [6.07, 6.45) is 3.44. The van der Waals surface area contributed by atoms with Crippen LogP contribution in [0.3, 0.4) is 0 Å². The number of rotatable bonds is 5. The van der Waals surface area contributed by atoms with Crippen LogP contribution in [0.5, 0.6) is 0 Å². The van der Waals surface area contributed by atoms with Gasteiger partial charge in [0.25, 0.3) is 11.8 Å². The number of amides is 2. The van der Waals surface area contributed by atoms with Gasteiger partial charge in [0.1, 0.15) is 5.57 Å². The van der Waals surface area contributed by atoms with Gasteiger partial charge in [-0.15, -0.1) is 0 Å². The monoisotopic (exact) mass is 529 g/mol. The Morgan fingerprint density at radius 1 is 1.05 bits per heavy atom. The van der Waals surface area contributed by atoms with Crippen LogP contribution < -0.4 is 10.2 Å². The summed E-state index contributed by atoms with van der Waals surface area (Å²) in [5.74, 6) is -1.52. The molecule has 1 fully saturated rings. The van der Waals surface area contributed by atoms with Crippen LogP contribution in [0.1, 0.15) is 21.5 Å². The molecule has 3 aromatic carbocycles. The number of halogens is 1. The van der Waals surface area contributed by atoms with Gasteiger partial charge in [-0.1, -0.05) is 48.0 Å². The van der Waals surface area contributed by atoms with Crippen LogP contribution in [0.15, 0.2) is 84.6 Å². The van der Waals surface area contributed by atoms with Crippen LogP contribution >= 0.6 is 23.8 Å². The first-order valence-electron chi connectivity index (χ1n) is 11.3. The molecule has 1 saturated heterocycles. The summed E-state index contributed by atoms with van der Waals surface area (Å²) < 4.78 is 6.83. The van der Waals surface area contributed by atoms with Crippen LogP contribution in [0.25, 0.3) is 17.0 Å². The highest BCUT2D eigenvalue weighted by atomic mass is 35.5. The van der Waals surface area contributed by atoms with Gasteiger partial charge in [-0.25, -0.2) is 4.79 Å². The van der Waals surface area contributed by atoms with E-state index in [4.69, 9.17) is 28.6 Å². The highest BCUT2D eigenvalue weighted by Gasteiger charge is 2.34. The third-order valence-corrected chi connectivity index (χ3v) is 6.51. The zero-order chi connectivity index (χ0) is 26.1. The van der Waals surface area contributed by atoms with E-state index in [1.165, 1.54) is 12.0 Å². The van der Waals surface area contributed by atoms with E-state index >= 15 is 0 Å². The fourth-order valence-corrected chi connectivity index (χ4v) is 4.76. The van der Waals surface area contributed by atoms with Gasteiger partial charge in [0, 0.05) is 34.2 Å². The highest BCUT2D eigenvalue weighted by Crippen LogP contribution is 2.28. The molecule has 0 saturated carbocycles. The van der Waals surface area contributed by atoms with Gasteiger partial charge in [-0.05, 0) is 60.3 Å². The molecular weight excluding hydrogens is 510 g/mol. The molecular formula is C28H20ClN3O4S. The number of carbonyl (C=O) groups excluding carboxylic acids is 3. The molecule has 0 spiro atoms. The fourth-order valence-electron chi connectivity index (χ4n) is 4.29. The molecule has 0 unspecified atom stereocenters. The summed E-state index contributed by atoms with van der Waals surface area (Å²) in [7, 11) is 1.34. The minimum Gasteiger partial charge on any atom is -0.465 e. The maximum absolute atomic E-state index is 13.4. The lowest BCUT2D eigenvalue weighted by atomic mass is 10.1. The number of benzene rings is 3. The molecule has 0 aliphatic carbocycles. The lowest BCUT2D eigenvalue weighted by Gasteiger charge is -2.29. The van der Waals surface area contributed by atoms with E-state index < -0.39 is 17.8 Å². The SMILES string of the molecule is COC(=O)c1cccc(Cn2cc(/C=C3\C(=O)NC(=S)N(c4cccc(Cl)c4)C3=O)c3ccccc32)c1. The number of anilines is 1. The fraction of sp³-hybridized carbons (Fsp3) is 0.0714. The zero-order valence-electron chi connectivity index (χ0n) is 19.6. The van der Waals surface area contributed by atoms with E-state index in [1.807, 2.05) is 41.1 Å². The minimum absolute atomic E-state index is 0.0117. The third-order valence-electron chi connectivity index (χ3n) is 5.99. The van der Waals surface area contributed by atoms with E-state index in [2.05, 4.69) is 5.32 Å². The normalized spacial score (nSPS) is 14.8. The standard InChI is InChI=1S/C28H20ClN3O4S/c1-36-27(35)18-7-4-6-17(12-18)15-31-16-19(22-10-2-3-11-24(22)31)13-23-25(33)30-28(37)32(26(23)34)21-9-5-8-20(29)14-21/h2-14,16H,15H2,1H3,(H,30,33,37)/b23-13+. The summed E-state index contributed by atoms with van der Waals surface area (Å²) in [5.41, 5.74) is 3.36. The number of thiocarbonyl (C=S) groups is 1. The molecule has 1 aliphatic rings. The Bertz CT molecular complexity index is 1620. The molecule has 1 aliphatic heterocycles. The average Bonchev–Trinajstić information content (AvgIpc) is 3.23. The van der Waals surface area contributed by atoms with Crippen molar-refractivity contribution in [1.82, 2.24) is 9.88 Å². The van der Waals surface area contributed by atoms with Crippen LogP contribution in [0, 0.1) is 0 Å². The lowest BCUT2D eigenvalue weighted by molar-refractivity contribution is -0.122. The summed E-state index contributed by atoms with van der Waals surface area (Å²) >= 11 is 11.4. The topological polar surface area (TPSA) is 80.6 Å². The molecule has 0 radical (unpaired) electrons. The van der Waals surface area contributed by atoms with E-state index in [9.17, 15) is 14.4 Å². The average molecular weight is 530 g/mol. The quantitative estimate of drug-likeness (QED) is 0.171. The number of hydrogen-bond acceptors (Lipinski definition) is 5. The number of fused-ring (bicyclic) bond motifs is 1. The first kappa shape index (κ1) is 24.4. The molecule has 9 heteroatoms. The maximum Gasteiger partial charge on any atom is 0.337 e. The molecule has 0 bridgehead atoms. The summed E-state index contributed by atoms with van der Waals surface area (Å²) in [6.45, 7) is 0.466. The maximum atomic E-state index is 13.4. The molecule has 5 rings (SSSR count). The van der Waals surface area contributed by atoms with E-state index in [0.29, 0.717) is 28.4 Å². The van der Waals surface area contributed by atoms with Crippen molar-refractivity contribution in [2.45, 2.75) is 6.54 Å². The molecule has 2 heterocycles. The van der Waals surface area contributed by atoms with Gasteiger partial charge < -0.3 is 9.30 Å². The van der Waals surface area contributed by atoms with Gasteiger partial charge in [0.2, 0.25) is 0 Å². The van der Waals surface area contributed by atoms with Crippen molar-refractivity contribution in [3.8, 4) is 0 Å². The Kier molecular flexibility index (Phi) is 6.60. The number of nitrogens with zero attached hydrogens (tertiary/aromatic N) is 2. The lowest BCUT2D eigenvalue weighted by Crippen LogP contribution is -2.54. The molecule has 1 N–H and O–H groups in total. The van der Waals surface area contributed by atoms with Crippen LogP contribution in [-0.4, -0.2) is 34.6 Å². The van der Waals surface area contributed by atoms with Crippen molar-refractivity contribution in [3.05, 3.63) is 106 Å². The van der Waals surface area contributed by atoms with Crippen molar-refractivity contribution >= 4 is 69.4 Å². The largest absolute Gasteiger partial charge is 0.465 e. The number of ether oxygens (including phenoxy) is 1. The molecule has 1 aromatic heterocycles. The number of esters is 1. The summed E-state index contributed by atoms with van der Waals surface area (Å²) in [5, 5.41) is 3.89. The smallest absolute Gasteiger partial charge is 0.337 e. The van der Waals surface area contributed by atoms with Crippen LogP contribution in [0.4, 0.5) is 5.69 Å². The molecule has 2 amide bonds. The van der Waals surface area contributed by atoms with Crippen molar-refractivity contribution in [2.75, 3.05) is 12.0 Å². The van der Waals surface area contributed by atoms with Gasteiger partial charge in [0.15, 0.2) is 5.11 Å². The molecule has 7 nitrogen and oxygen atoms in total. The zero-order valence-corrected chi connectivity index (χ0v) is 21.2. The van der Waals surface area contributed by atoms with Crippen LogP contribution in [0.2, 0.25) is 5.02 Å². The second-order valence-electron chi connectivity index (χ2n) is 8.36. The third kappa shape index (κ3) is 4.76. The molecule has 37 heavy (non-hydrogen) atoms. The summed E-state index contributed by atoms with van der Waals surface area (Å²) in [6, 6.07) is 21.6. The van der Waals surface area contributed by atoms with Gasteiger partial charge in [-0.3, -0.25) is 19.8 Å². The Balaban J connectivity index is 1.55. The number of aromatic nitrogens is 1. The second kappa shape index (κ2) is 10.0. The first-order chi connectivity index (χ1) is 17.9. The Morgan fingerprint density at radius 3 is 2.62 bits per heavy atom. The second-order valence-corrected chi connectivity index (χ2v) is 9.18. The Hall–Kier alpha value is -4.27. The van der Waals surface area contributed by atoms with E-state index in [0.717, 1.165) is 16.5 Å². The summed E-state index contributed by atoms with van der Waals surface area (Å²) in [4.78, 5) is 39.5. The predicted octanol–water partition coefficient (Wildman–Crippen LogP) is 4.96. The van der Waals surface area contributed by atoms with E-state index in [1.54, 1.807) is 48.5 Å². The first-order valence-corrected chi connectivity index (χ1v) is 12.1.